The van der Waals surface area contributed by atoms with Crippen molar-refractivity contribution in [2.24, 2.45) is 0 Å². The molecule has 356 valence electrons. The number of nitrogens with zero attached hydrogens (tertiary/aromatic N) is 1. The molecule has 0 fully saturated rings. The van der Waals surface area contributed by atoms with Gasteiger partial charge in [-0.3, -0.25) is 0 Å². The minimum Gasteiger partial charge on any atom is -0.309 e. The molecule has 0 spiro atoms. The monoisotopic (exact) mass is 965 g/mol. The van der Waals surface area contributed by atoms with Gasteiger partial charge in [-0.2, -0.15) is 0 Å². The lowest BCUT2D eigenvalue weighted by Gasteiger charge is -2.34. The Labute approximate surface area is 444 Å². The molecule has 1 nitrogen and oxygen atoms in total. The minimum absolute atomic E-state index is 0.530. The molecular formula is C75H51N. The van der Waals surface area contributed by atoms with Crippen LogP contribution in [0.2, 0.25) is 0 Å². The van der Waals surface area contributed by atoms with Gasteiger partial charge in [-0.15, -0.1) is 0 Å². The summed E-state index contributed by atoms with van der Waals surface area (Å²) in [6.45, 7) is 0. The average molecular weight is 966 g/mol. The van der Waals surface area contributed by atoms with E-state index in [0.717, 1.165) is 33.8 Å². The van der Waals surface area contributed by atoms with Crippen LogP contribution >= 0.6 is 0 Å². The third-order valence-corrected chi connectivity index (χ3v) is 15.8. The number of fused-ring (bicyclic) bond motifs is 6. The van der Waals surface area contributed by atoms with Crippen molar-refractivity contribution in [1.82, 2.24) is 0 Å². The first-order chi connectivity index (χ1) is 37.7. The van der Waals surface area contributed by atoms with Crippen LogP contribution in [-0.2, 0) is 5.41 Å². The molecular weight excluding hydrogens is 915 g/mol. The summed E-state index contributed by atoms with van der Waals surface area (Å²) in [5.41, 5.74) is 22.0. The lowest BCUT2D eigenvalue weighted by atomic mass is 9.68. The molecule has 0 heterocycles. The van der Waals surface area contributed by atoms with Gasteiger partial charge in [-0.1, -0.05) is 285 Å². The Kier molecular flexibility index (Phi) is 11.2. The standard InChI is InChI=1S/C75H51N/c1-6-22-52(23-7-1)54-38-42-57(43-39-54)63-48-46-61(50-69(63)56-26-10-3-11-27-56)76(62-47-49-72-70(51-62)66-34-20-21-37-71(66)75(72,59-28-12-4-13-29-59)60-30-14-5-15-31-60)74-68-36-19-17-33-65(68)64-32-16-18-35-67(64)73(74)58-44-40-55(41-45-58)53-24-8-2-9-25-53/h1-51H. The van der Waals surface area contributed by atoms with Crippen molar-refractivity contribution in [3.05, 3.63) is 332 Å². The average Bonchev–Trinajstić information content (AvgIpc) is 3.88. The molecule has 0 aliphatic heterocycles. The molecule has 0 saturated carbocycles. The molecule has 0 atom stereocenters. The van der Waals surface area contributed by atoms with Crippen molar-refractivity contribution in [2.45, 2.75) is 5.41 Å². The molecule has 0 N–H and O–H groups in total. The highest BCUT2D eigenvalue weighted by atomic mass is 15.1. The second-order valence-corrected chi connectivity index (χ2v) is 19.9. The molecule has 0 amide bonds. The fourth-order valence-electron chi connectivity index (χ4n) is 12.3. The smallest absolute Gasteiger partial charge is 0.0713 e. The first-order valence-electron chi connectivity index (χ1n) is 26.3. The third kappa shape index (κ3) is 7.47. The quantitative estimate of drug-likeness (QED) is 0.123. The highest BCUT2D eigenvalue weighted by Gasteiger charge is 2.46. The molecule has 1 heteroatoms. The molecule has 1 aliphatic rings. The summed E-state index contributed by atoms with van der Waals surface area (Å²) >= 11 is 0. The maximum atomic E-state index is 2.57. The first-order valence-corrected chi connectivity index (χ1v) is 26.3. The van der Waals surface area contributed by atoms with E-state index in [4.69, 9.17) is 0 Å². The summed E-state index contributed by atoms with van der Waals surface area (Å²) in [5.74, 6) is 0. The molecule has 14 rings (SSSR count). The number of hydrogen-bond acceptors (Lipinski definition) is 1. The number of hydrogen-bond donors (Lipinski definition) is 0. The number of benzene rings is 13. The Hall–Kier alpha value is -9.82. The van der Waals surface area contributed by atoms with E-state index in [0.29, 0.717) is 0 Å². The van der Waals surface area contributed by atoms with Gasteiger partial charge >= 0.3 is 0 Å². The van der Waals surface area contributed by atoms with Crippen molar-refractivity contribution >= 4 is 38.6 Å². The van der Waals surface area contributed by atoms with Crippen LogP contribution in [0.15, 0.2) is 309 Å². The maximum absolute atomic E-state index is 2.57. The van der Waals surface area contributed by atoms with Crippen LogP contribution in [0.5, 0.6) is 0 Å². The van der Waals surface area contributed by atoms with Gasteiger partial charge in [-0.25, -0.2) is 0 Å². The van der Waals surface area contributed by atoms with Gasteiger partial charge in [0.1, 0.15) is 0 Å². The zero-order valence-corrected chi connectivity index (χ0v) is 41.9. The van der Waals surface area contributed by atoms with Gasteiger partial charge in [0, 0.05) is 22.3 Å². The number of rotatable bonds is 10. The molecule has 13 aromatic rings. The van der Waals surface area contributed by atoms with Crippen LogP contribution < -0.4 is 4.90 Å². The Morgan fingerprint density at radius 3 is 1.18 bits per heavy atom. The first kappa shape index (κ1) is 44.8. The van der Waals surface area contributed by atoms with Crippen LogP contribution in [0, 0.1) is 0 Å². The normalized spacial score (nSPS) is 12.3. The Balaban J connectivity index is 1.06. The highest BCUT2D eigenvalue weighted by Crippen LogP contribution is 2.58. The molecule has 0 aromatic heterocycles. The van der Waals surface area contributed by atoms with E-state index in [2.05, 4.69) is 314 Å². The van der Waals surface area contributed by atoms with Gasteiger partial charge in [-0.05, 0) is 124 Å². The van der Waals surface area contributed by atoms with E-state index in [1.165, 1.54) is 93.9 Å². The van der Waals surface area contributed by atoms with Crippen molar-refractivity contribution in [3.8, 4) is 66.8 Å². The topological polar surface area (TPSA) is 3.24 Å². The van der Waals surface area contributed by atoms with Gasteiger partial charge < -0.3 is 4.90 Å². The molecule has 0 unspecified atom stereocenters. The van der Waals surface area contributed by atoms with E-state index in [-0.39, 0.29) is 0 Å². The fraction of sp³-hybridized carbons (Fsp3) is 0.0133. The molecule has 0 saturated heterocycles. The molecule has 13 aromatic carbocycles. The summed E-state index contributed by atoms with van der Waals surface area (Å²) in [7, 11) is 0. The van der Waals surface area contributed by atoms with Crippen LogP contribution in [0.4, 0.5) is 17.1 Å². The van der Waals surface area contributed by atoms with Crippen LogP contribution in [0.1, 0.15) is 22.3 Å². The Bertz CT molecular complexity index is 4180. The second-order valence-electron chi connectivity index (χ2n) is 19.9. The largest absolute Gasteiger partial charge is 0.309 e. The summed E-state index contributed by atoms with van der Waals surface area (Å²) < 4.78 is 0. The zero-order chi connectivity index (χ0) is 50.4. The summed E-state index contributed by atoms with van der Waals surface area (Å²) in [5, 5.41) is 4.81. The molecule has 0 bridgehead atoms. The fourth-order valence-corrected chi connectivity index (χ4v) is 12.3. The minimum atomic E-state index is -0.530. The van der Waals surface area contributed by atoms with Gasteiger partial charge in [0.15, 0.2) is 0 Å². The molecule has 1 aliphatic carbocycles. The SMILES string of the molecule is c1ccc(-c2ccc(-c3ccc(N(c4ccc5c(c4)-c4ccccc4C5(c4ccccc4)c4ccccc4)c4c(-c5ccc(-c6ccccc6)cc5)c5ccccc5c5ccccc45)cc3-c3ccccc3)cc2)cc1. The predicted octanol–water partition coefficient (Wildman–Crippen LogP) is 20.2. The van der Waals surface area contributed by atoms with Crippen molar-refractivity contribution < 1.29 is 0 Å². The van der Waals surface area contributed by atoms with Gasteiger partial charge in [0.05, 0.1) is 11.1 Å². The van der Waals surface area contributed by atoms with E-state index >= 15 is 0 Å². The molecule has 0 radical (unpaired) electrons. The van der Waals surface area contributed by atoms with E-state index in [9.17, 15) is 0 Å². The Morgan fingerprint density at radius 1 is 0.224 bits per heavy atom. The highest BCUT2D eigenvalue weighted by molar-refractivity contribution is 6.22. The van der Waals surface area contributed by atoms with Crippen LogP contribution in [0.25, 0.3) is 88.3 Å². The van der Waals surface area contributed by atoms with Crippen molar-refractivity contribution in [1.29, 1.82) is 0 Å². The summed E-state index contributed by atoms with van der Waals surface area (Å²) in [6, 6.07) is 114. The lowest BCUT2D eigenvalue weighted by molar-refractivity contribution is 0.768. The number of anilines is 3. The van der Waals surface area contributed by atoms with Gasteiger partial charge in [0.2, 0.25) is 0 Å². The van der Waals surface area contributed by atoms with E-state index in [1.54, 1.807) is 0 Å². The predicted molar refractivity (Wildman–Crippen MR) is 321 cm³/mol. The van der Waals surface area contributed by atoms with E-state index < -0.39 is 5.41 Å². The maximum Gasteiger partial charge on any atom is 0.0713 e. The summed E-state index contributed by atoms with van der Waals surface area (Å²) in [4.78, 5) is 2.57. The summed E-state index contributed by atoms with van der Waals surface area (Å²) in [6.07, 6.45) is 0. The van der Waals surface area contributed by atoms with E-state index in [1.807, 2.05) is 0 Å². The zero-order valence-electron chi connectivity index (χ0n) is 41.9. The van der Waals surface area contributed by atoms with Gasteiger partial charge in [0.25, 0.3) is 0 Å². The Morgan fingerprint density at radius 2 is 0.605 bits per heavy atom. The lowest BCUT2D eigenvalue weighted by Crippen LogP contribution is -2.28. The van der Waals surface area contributed by atoms with Crippen LogP contribution in [-0.4, -0.2) is 0 Å². The third-order valence-electron chi connectivity index (χ3n) is 15.8. The van der Waals surface area contributed by atoms with Crippen molar-refractivity contribution in [2.75, 3.05) is 4.90 Å². The second kappa shape index (κ2) is 18.9. The van der Waals surface area contributed by atoms with Crippen LogP contribution in [0.3, 0.4) is 0 Å². The molecule has 76 heavy (non-hydrogen) atoms. The van der Waals surface area contributed by atoms with Crippen molar-refractivity contribution in [3.63, 3.8) is 0 Å².